The van der Waals surface area contributed by atoms with Crippen molar-refractivity contribution in [2.75, 3.05) is 46.9 Å². The predicted molar refractivity (Wildman–Crippen MR) is 78.2 cm³/mol. The van der Waals surface area contributed by atoms with Crippen molar-refractivity contribution >= 4 is 5.96 Å². The van der Waals surface area contributed by atoms with Crippen LogP contribution in [0.1, 0.15) is 27.2 Å². The first-order valence-electron chi connectivity index (χ1n) is 6.86. The van der Waals surface area contributed by atoms with Gasteiger partial charge < -0.3 is 20.3 Å². The number of hydrogen-bond acceptors (Lipinski definition) is 3. The molecular weight excluding hydrogens is 228 g/mol. The molecule has 0 aromatic carbocycles. The maximum atomic E-state index is 5.04. The van der Waals surface area contributed by atoms with Gasteiger partial charge in [0.2, 0.25) is 0 Å². The molecule has 108 valence electrons. The standard InChI is InChI=1S/C13H30N4O/c1-6-12(3)16-13(14-7-2)15-8-9-17(4)10-11-18-5/h12H,6-11H2,1-5H3,(H2,14,15,16). The van der Waals surface area contributed by atoms with Gasteiger partial charge in [-0.15, -0.1) is 0 Å². The van der Waals surface area contributed by atoms with Crippen LogP contribution in [0.3, 0.4) is 0 Å². The summed E-state index contributed by atoms with van der Waals surface area (Å²) < 4.78 is 5.04. The highest BCUT2D eigenvalue weighted by Gasteiger charge is 2.02. The third kappa shape index (κ3) is 9.24. The molecule has 0 saturated heterocycles. The lowest BCUT2D eigenvalue weighted by Crippen LogP contribution is -2.42. The summed E-state index contributed by atoms with van der Waals surface area (Å²) in [6.45, 7) is 10.8. The van der Waals surface area contributed by atoms with Crippen LogP contribution in [-0.2, 0) is 4.74 Å². The van der Waals surface area contributed by atoms with Gasteiger partial charge in [0.15, 0.2) is 5.96 Å². The third-order valence-electron chi connectivity index (χ3n) is 2.77. The molecule has 5 nitrogen and oxygen atoms in total. The number of guanidine groups is 1. The van der Waals surface area contributed by atoms with Crippen molar-refractivity contribution in [1.29, 1.82) is 0 Å². The van der Waals surface area contributed by atoms with Gasteiger partial charge in [-0.1, -0.05) is 6.92 Å². The van der Waals surface area contributed by atoms with E-state index in [0.717, 1.165) is 45.2 Å². The number of nitrogens with one attached hydrogen (secondary N) is 2. The molecule has 0 aromatic heterocycles. The molecule has 0 bridgehead atoms. The molecular formula is C13H30N4O. The number of nitrogens with zero attached hydrogens (tertiary/aromatic N) is 2. The number of likely N-dealkylation sites (N-methyl/N-ethyl adjacent to an activating group) is 1. The van der Waals surface area contributed by atoms with Crippen LogP contribution >= 0.6 is 0 Å². The highest BCUT2D eigenvalue weighted by Crippen LogP contribution is 1.88. The number of ether oxygens (including phenoxy) is 1. The number of rotatable bonds is 9. The molecule has 0 amide bonds. The molecule has 0 radical (unpaired) electrons. The first-order chi connectivity index (χ1) is 8.63. The fourth-order valence-corrected chi connectivity index (χ4v) is 1.35. The van der Waals surface area contributed by atoms with Gasteiger partial charge in [0.25, 0.3) is 0 Å². The van der Waals surface area contributed by atoms with Crippen LogP contribution in [0.5, 0.6) is 0 Å². The van der Waals surface area contributed by atoms with E-state index in [2.05, 4.69) is 48.3 Å². The van der Waals surface area contributed by atoms with E-state index < -0.39 is 0 Å². The maximum absolute atomic E-state index is 5.04. The quantitative estimate of drug-likeness (QED) is 0.477. The summed E-state index contributed by atoms with van der Waals surface area (Å²) in [5.74, 6) is 0.909. The zero-order chi connectivity index (χ0) is 13.8. The molecule has 0 aliphatic rings. The smallest absolute Gasteiger partial charge is 0.191 e. The SMILES string of the molecule is CCNC(=NCCN(C)CCOC)NC(C)CC. The minimum absolute atomic E-state index is 0.453. The summed E-state index contributed by atoms with van der Waals surface area (Å²) in [5, 5.41) is 6.64. The second-order valence-electron chi connectivity index (χ2n) is 4.51. The van der Waals surface area contributed by atoms with Crippen molar-refractivity contribution in [3.63, 3.8) is 0 Å². The summed E-state index contributed by atoms with van der Waals surface area (Å²) >= 11 is 0. The van der Waals surface area contributed by atoms with Crippen LogP contribution < -0.4 is 10.6 Å². The van der Waals surface area contributed by atoms with Gasteiger partial charge in [0, 0.05) is 32.8 Å². The fraction of sp³-hybridized carbons (Fsp3) is 0.923. The minimum atomic E-state index is 0.453. The number of hydrogen-bond donors (Lipinski definition) is 2. The van der Waals surface area contributed by atoms with Crippen LogP contribution in [0.15, 0.2) is 4.99 Å². The van der Waals surface area contributed by atoms with E-state index >= 15 is 0 Å². The minimum Gasteiger partial charge on any atom is -0.383 e. The highest BCUT2D eigenvalue weighted by molar-refractivity contribution is 5.80. The average Bonchev–Trinajstić information content (AvgIpc) is 2.36. The van der Waals surface area contributed by atoms with Crippen LogP contribution in [0.25, 0.3) is 0 Å². The van der Waals surface area contributed by atoms with Crippen molar-refractivity contribution in [3.8, 4) is 0 Å². The average molecular weight is 258 g/mol. The zero-order valence-electron chi connectivity index (χ0n) is 12.6. The molecule has 0 aliphatic carbocycles. The Kier molecular flexibility index (Phi) is 10.8. The Balaban J connectivity index is 3.99. The second kappa shape index (κ2) is 11.3. The molecule has 0 rings (SSSR count). The Morgan fingerprint density at radius 1 is 1.33 bits per heavy atom. The van der Waals surface area contributed by atoms with E-state index in [-0.39, 0.29) is 0 Å². The van der Waals surface area contributed by atoms with E-state index in [9.17, 15) is 0 Å². The van der Waals surface area contributed by atoms with Crippen molar-refractivity contribution < 1.29 is 4.74 Å². The molecule has 1 unspecified atom stereocenters. The van der Waals surface area contributed by atoms with Gasteiger partial charge >= 0.3 is 0 Å². The number of methoxy groups -OCH3 is 1. The monoisotopic (exact) mass is 258 g/mol. The third-order valence-corrected chi connectivity index (χ3v) is 2.77. The summed E-state index contributed by atoms with van der Waals surface area (Å²) in [5.41, 5.74) is 0. The van der Waals surface area contributed by atoms with Crippen molar-refractivity contribution in [3.05, 3.63) is 0 Å². The van der Waals surface area contributed by atoms with E-state index in [1.165, 1.54) is 0 Å². The molecule has 2 N–H and O–H groups in total. The first kappa shape index (κ1) is 17.2. The second-order valence-corrected chi connectivity index (χ2v) is 4.51. The molecule has 0 saturated carbocycles. The fourth-order valence-electron chi connectivity index (χ4n) is 1.35. The first-order valence-corrected chi connectivity index (χ1v) is 6.86. The Hall–Kier alpha value is -0.810. The predicted octanol–water partition coefficient (Wildman–Crippen LogP) is 0.918. The van der Waals surface area contributed by atoms with E-state index in [4.69, 9.17) is 4.74 Å². The van der Waals surface area contributed by atoms with Gasteiger partial charge in [0.1, 0.15) is 0 Å². The van der Waals surface area contributed by atoms with Gasteiger partial charge in [-0.25, -0.2) is 0 Å². The van der Waals surface area contributed by atoms with Gasteiger partial charge in [-0.2, -0.15) is 0 Å². The van der Waals surface area contributed by atoms with E-state index in [1.54, 1.807) is 7.11 Å². The van der Waals surface area contributed by atoms with Crippen LogP contribution in [0, 0.1) is 0 Å². The summed E-state index contributed by atoms with van der Waals surface area (Å²) in [6, 6.07) is 0.453. The molecule has 0 fully saturated rings. The summed E-state index contributed by atoms with van der Waals surface area (Å²) in [7, 11) is 3.81. The maximum Gasteiger partial charge on any atom is 0.191 e. The lowest BCUT2D eigenvalue weighted by molar-refractivity contribution is 0.163. The van der Waals surface area contributed by atoms with Gasteiger partial charge in [-0.3, -0.25) is 4.99 Å². The summed E-state index contributed by atoms with van der Waals surface area (Å²) in [6.07, 6.45) is 1.10. The lowest BCUT2D eigenvalue weighted by Gasteiger charge is -2.18. The Labute approximate surface area is 112 Å². The molecule has 18 heavy (non-hydrogen) atoms. The molecule has 0 spiro atoms. The summed E-state index contributed by atoms with van der Waals surface area (Å²) in [4.78, 5) is 6.78. The Morgan fingerprint density at radius 3 is 2.61 bits per heavy atom. The number of aliphatic imine (C=N–C) groups is 1. The lowest BCUT2D eigenvalue weighted by atomic mass is 10.3. The van der Waals surface area contributed by atoms with Crippen molar-refractivity contribution in [2.24, 2.45) is 4.99 Å². The van der Waals surface area contributed by atoms with E-state index in [1.807, 2.05) is 0 Å². The topological polar surface area (TPSA) is 48.9 Å². The molecule has 0 heterocycles. The zero-order valence-corrected chi connectivity index (χ0v) is 12.6. The molecule has 5 heteroatoms. The molecule has 1 atom stereocenters. The van der Waals surface area contributed by atoms with Crippen molar-refractivity contribution in [1.82, 2.24) is 15.5 Å². The normalized spacial score (nSPS) is 13.8. The van der Waals surface area contributed by atoms with Crippen LogP contribution in [0.2, 0.25) is 0 Å². The van der Waals surface area contributed by atoms with E-state index in [0.29, 0.717) is 6.04 Å². The van der Waals surface area contributed by atoms with Gasteiger partial charge in [-0.05, 0) is 27.3 Å². The van der Waals surface area contributed by atoms with Crippen LogP contribution in [0.4, 0.5) is 0 Å². The molecule has 0 aliphatic heterocycles. The molecule has 0 aromatic rings. The Bertz CT molecular complexity index is 221. The van der Waals surface area contributed by atoms with Gasteiger partial charge in [0.05, 0.1) is 13.2 Å². The Morgan fingerprint density at radius 2 is 2.06 bits per heavy atom. The van der Waals surface area contributed by atoms with Crippen LogP contribution in [-0.4, -0.2) is 63.8 Å². The largest absolute Gasteiger partial charge is 0.383 e. The highest BCUT2D eigenvalue weighted by atomic mass is 16.5. The van der Waals surface area contributed by atoms with Crippen molar-refractivity contribution in [2.45, 2.75) is 33.2 Å².